The van der Waals surface area contributed by atoms with Gasteiger partial charge >= 0.3 is 0 Å². The lowest BCUT2D eigenvalue weighted by Crippen LogP contribution is -2.20. The Kier molecular flexibility index (Phi) is 3.63. The third kappa shape index (κ3) is 2.64. The largest absolute Gasteiger partial charge is 0.306 e. The zero-order valence-electron chi connectivity index (χ0n) is 8.42. The molecule has 1 aromatic heterocycles. The van der Waals surface area contributed by atoms with E-state index in [1.807, 2.05) is 20.0 Å². The molecule has 0 bridgehead atoms. The maximum absolute atomic E-state index is 4.24. The molecule has 13 heavy (non-hydrogen) atoms. The van der Waals surface area contributed by atoms with Crippen molar-refractivity contribution in [1.82, 2.24) is 10.3 Å². The lowest BCUT2D eigenvalue weighted by Gasteiger charge is -2.15. The number of aromatic nitrogens is 1. The van der Waals surface area contributed by atoms with Gasteiger partial charge < -0.3 is 5.32 Å². The second kappa shape index (κ2) is 4.53. The fourth-order valence-electron chi connectivity index (χ4n) is 1.23. The summed E-state index contributed by atoms with van der Waals surface area (Å²) in [7, 11) is 0. The van der Waals surface area contributed by atoms with Gasteiger partial charge in [-0.15, -0.1) is 11.3 Å². The third-order valence-corrected chi connectivity index (χ3v) is 2.80. The fourth-order valence-corrected chi connectivity index (χ4v) is 2.19. The Morgan fingerprint density at radius 1 is 1.77 bits per heavy atom. The summed E-state index contributed by atoms with van der Waals surface area (Å²) in [5.41, 5.74) is 1.14. The first-order valence-electron chi connectivity index (χ1n) is 4.46. The van der Waals surface area contributed by atoms with E-state index in [4.69, 9.17) is 0 Å². The van der Waals surface area contributed by atoms with Crippen LogP contribution >= 0.6 is 11.3 Å². The van der Waals surface area contributed by atoms with Crippen LogP contribution in [0.3, 0.4) is 0 Å². The van der Waals surface area contributed by atoms with E-state index < -0.39 is 0 Å². The third-order valence-electron chi connectivity index (χ3n) is 1.82. The molecule has 0 saturated carbocycles. The molecule has 72 valence electrons. The second-order valence-corrected chi connectivity index (χ2v) is 4.39. The molecule has 0 aliphatic heterocycles. The van der Waals surface area contributed by atoms with Crippen molar-refractivity contribution in [1.29, 1.82) is 0 Å². The lowest BCUT2D eigenvalue weighted by molar-refractivity contribution is 0.629. The standard InChI is InChI=1S/C10H16N2S/c1-5-11-10(7(2)3)9-6-12-8(4)13-9/h6,10-11H,2,5H2,1,3-4H3. The summed E-state index contributed by atoms with van der Waals surface area (Å²) in [6.07, 6.45) is 1.93. The molecule has 1 N–H and O–H groups in total. The van der Waals surface area contributed by atoms with Gasteiger partial charge in [-0.05, 0) is 20.4 Å². The van der Waals surface area contributed by atoms with E-state index in [1.54, 1.807) is 11.3 Å². The van der Waals surface area contributed by atoms with Gasteiger partial charge in [0.15, 0.2) is 0 Å². The van der Waals surface area contributed by atoms with E-state index >= 15 is 0 Å². The minimum atomic E-state index is 0.274. The Bertz CT molecular complexity index is 291. The molecular weight excluding hydrogens is 180 g/mol. The fraction of sp³-hybridized carbons (Fsp3) is 0.500. The SMILES string of the molecule is C=C(C)C(NCC)c1cnc(C)s1. The highest BCUT2D eigenvalue weighted by Gasteiger charge is 2.12. The first kappa shape index (κ1) is 10.4. The number of likely N-dealkylation sites (N-methyl/N-ethyl adjacent to an activating group) is 1. The first-order chi connectivity index (χ1) is 6.15. The van der Waals surface area contributed by atoms with Gasteiger partial charge in [-0.1, -0.05) is 19.1 Å². The highest BCUT2D eigenvalue weighted by Crippen LogP contribution is 2.25. The summed E-state index contributed by atoms with van der Waals surface area (Å²) in [4.78, 5) is 5.50. The van der Waals surface area contributed by atoms with Crippen LogP contribution in [0.25, 0.3) is 0 Å². The normalized spacial score (nSPS) is 12.8. The van der Waals surface area contributed by atoms with E-state index in [0.717, 1.165) is 17.1 Å². The second-order valence-electron chi connectivity index (χ2n) is 3.12. The van der Waals surface area contributed by atoms with E-state index in [2.05, 4.69) is 23.8 Å². The molecule has 1 unspecified atom stereocenters. The number of thiazole rings is 1. The van der Waals surface area contributed by atoms with Crippen LogP contribution in [-0.4, -0.2) is 11.5 Å². The zero-order chi connectivity index (χ0) is 9.84. The Hall–Kier alpha value is -0.670. The maximum atomic E-state index is 4.24. The van der Waals surface area contributed by atoms with Crippen molar-refractivity contribution in [3.8, 4) is 0 Å². The van der Waals surface area contributed by atoms with Gasteiger partial charge in [0.25, 0.3) is 0 Å². The van der Waals surface area contributed by atoms with Crippen LogP contribution in [0.2, 0.25) is 0 Å². The van der Waals surface area contributed by atoms with Crippen LogP contribution in [0.4, 0.5) is 0 Å². The van der Waals surface area contributed by atoms with Gasteiger partial charge in [0.05, 0.1) is 11.0 Å². The van der Waals surface area contributed by atoms with Crippen LogP contribution in [0.15, 0.2) is 18.3 Å². The van der Waals surface area contributed by atoms with Crippen molar-refractivity contribution in [3.05, 3.63) is 28.2 Å². The molecule has 0 saturated heterocycles. The lowest BCUT2D eigenvalue weighted by atomic mass is 10.1. The first-order valence-corrected chi connectivity index (χ1v) is 5.28. The molecule has 0 aliphatic rings. The van der Waals surface area contributed by atoms with Crippen molar-refractivity contribution in [3.63, 3.8) is 0 Å². The molecule has 1 rings (SSSR count). The Balaban J connectivity index is 2.81. The summed E-state index contributed by atoms with van der Waals surface area (Å²) in [5.74, 6) is 0. The van der Waals surface area contributed by atoms with Crippen LogP contribution in [0.5, 0.6) is 0 Å². The summed E-state index contributed by atoms with van der Waals surface area (Å²) in [5, 5.41) is 4.49. The van der Waals surface area contributed by atoms with Crippen LogP contribution in [0.1, 0.15) is 29.8 Å². The quantitative estimate of drug-likeness (QED) is 0.749. The van der Waals surface area contributed by atoms with Crippen molar-refractivity contribution in [2.45, 2.75) is 26.8 Å². The zero-order valence-corrected chi connectivity index (χ0v) is 9.24. The monoisotopic (exact) mass is 196 g/mol. The van der Waals surface area contributed by atoms with Crippen LogP contribution in [0, 0.1) is 6.92 Å². The molecule has 0 radical (unpaired) electrons. The predicted octanol–water partition coefficient (Wildman–Crippen LogP) is 2.68. The predicted molar refractivity (Wildman–Crippen MR) is 58.1 cm³/mol. The Morgan fingerprint density at radius 2 is 2.46 bits per heavy atom. The van der Waals surface area contributed by atoms with E-state index in [0.29, 0.717) is 0 Å². The summed E-state index contributed by atoms with van der Waals surface area (Å²) >= 11 is 1.73. The van der Waals surface area contributed by atoms with Crippen molar-refractivity contribution in [2.75, 3.05) is 6.54 Å². The molecule has 0 aliphatic carbocycles. The van der Waals surface area contributed by atoms with Gasteiger partial charge in [-0.25, -0.2) is 4.98 Å². The van der Waals surface area contributed by atoms with E-state index in [-0.39, 0.29) is 6.04 Å². The van der Waals surface area contributed by atoms with E-state index in [9.17, 15) is 0 Å². The van der Waals surface area contributed by atoms with Gasteiger partial charge in [-0.2, -0.15) is 0 Å². The highest BCUT2D eigenvalue weighted by molar-refractivity contribution is 7.11. The molecule has 1 aromatic rings. The average Bonchev–Trinajstić information content (AvgIpc) is 2.46. The van der Waals surface area contributed by atoms with Crippen molar-refractivity contribution < 1.29 is 0 Å². The number of nitrogens with one attached hydrogen (secondary N) is 1. The van der Waals surface area contributed by atoms with Crippen molar-refractivity contribution in [2.24, 2.45) is 0 Å². The Morgan fingerprint density at radius 3 is 2.85 bits per heavy atom. The van der Waals surface area contributed by atoms with Crippen molar-refractivity contribution >= 4 is 11.3 Å². The molecule has 0 aromatic carbocycles. The molecule has 0 amide bonds. The number of hydrogen-bond donors (Lipinski definition) is 1. The number of rotatable bonds is 4. The molecule has 1 atom stereocenters. The molecule has 0 spiro atoms. The molecule has 3 heteroatoms. The molecule has 1 heterocycles. The Labute approximate surface area is 83.7 Å². The topological polar surface area (TPSA) is 24.9 Å². The average molecular weight is 196 g/mol. The maximum Gasteiger partial charge on any atom is 0.0897 e. The number of nitrogens with zero attached hydrogens (tertiary/aromatic N) is 1. The van der Waals surface area contributed by atoms with Crippen LogP contribution in [-0.2, 0) is 0 Å². The summed E-state index contributed by atoms with van der Waals surface area (Å²) in [6.45, 7) is 11.1. The number of aryl methyl sites for hydroxylation is 1. The number of hydrogen-bond acceptors (Lipinski definition) is 3. The van der Waals surface area contributed by atoms with Gasteiger partial charge in [0.2, 0.25) is 0 Å². The minimum absolute atomic E-state index is 0.274. The highest BCUT2D eigenvalue weighted by atomic mass is 32.1. The summed E-state index contributed by atoms with van der Waals surface area (Å²) in [6, 6.07) is 0.274. The van der Waals surface area contributed by atoms with Gasteiger partial charge in [0, 0.05) is 11.1 Å². The molecule has 2 nitrogen and oxygen atoms in total. The smallest absolute Gasteiger partial charge is 0.0897 e. The van der Waals surface area contributed by atoms with E-state index in [1.165, 1.54) is 4.88 Å². The van der Waals surface area contributed by atoms with Gasteiger partial charge in [-0.3, -0.25) is 0 Å². The van der Waals surface area contributed by atoms with Crippen LogP contribution < -0.4 is 5.32 Å². The summed E-state index contributed by atoms with van der Waals surface area (Å²) < 4.78 is 0. The minimum Gasteiger partial charge on any atom is -0.306 e. The van der Waals surface area contributed by atoms with Gasteiger partial charge in [0.1, 0.15) is 0 Å². The molecule has 0 fully saturated rings. The molecular formula is C10H16N2S.